The van der Waals surface area contributed by atoms with Gasteiger partial charge in [-0.3, -0.25) is 4.98 Å². The summed E-state index contributed by atoms with van der Waals surface area (Å²) >= 11 is 0. The van der Waals surface area contributed by atoms with E-state index in [1.807, 2.05) is 89.1 Å². The summed E-state index contributed by atoms with van der Waals surface area (Å²) in [5.41, 5.74) is 7.07. The van der Waals surface area contributed by atoms with Crippen LogP contribution in [-0.2, 0) is 39.4 Å². The molecule has 0 bridgehead atoms. The molecule has 6 nitrogen and oxygen atoms in total. The zero-order chi connectivity index (χ0) is 50.2. The molecular formula is C55H45N5OPt-2. The van der Waals surface area contributed by atoms with Crippen molar-refractivity contribution in [3.05, 3.63) is 199 Å². The van der Waals surface area contributed by atoms with Gasteiger partial charge in [-0.05, 0) is 82.1 Å². The second kappa shape index (κ2) is 17.0. The number of pyridine rings is 2. The largest absolute Gasteiger partial charge is 0.510 e. The molecule has 0 aliphatic rings. The first-order chi connectivity index (χ1) is 33.9. The van der Waals surface area contributed by atoms with Gasteiger partial charge in [0.2, 0.25) is 6.33 Å². The third-order valence-corrected chi connectivity index (χ3v) is 10.9. The number of fused-ring (bicyclic) bond motifs is 4. The van der Waals surface area contributed by atoms with Crippen molar-refractivity contribution in [1.82, 2.24) is 19.1 Å². The number of hydrogen-bond acceptors (Lipinski definition) is 3. The van der Waals surface area contributed by atoms with E-state index >= 15 is 0 Å². The summed E-state index contributed by atoms with van der Waals surface area (Å²) in [6, 6.07) is 30.7. The molecule has 4 heterocycles. The molecule has 0 spiro atoms. The number of rotatable bonds is 10. The number of nitrogens with zero attached hydrogens (tertiary/aromatic N) is 5. The Morgan fingerprint density at radius 2 is 1.44 bits per heavy atom. The Kier molecular flexibility index (Phi) is 8.35. The first kappa shape index (κ1) is 30.4. The van der Waals surface area contributed by atoms with Crippen LogP contribution in [0.2, 0.25) is 0 Å². The van der Waals surface area contributed by atoms with Crippen LogP contribution < -0.4 is 9.30 Å². The van der Waals surface area contributed by atoms with Crippen molar-refractivity contribution in [2.45, 2.75) is 52.5 Å². The summed E-state index contributed by atoms with van der Waals surface area (Å²) in [6.07, 6.45) is 7.88. The predicted molar refractivity (Wildman–Crippen MR) is 245 cm³/mol. The van der Waals surface area contributed by atoms with Crippen molar-refractivity contribution in [1.29, 1.82) is 0 Å². The molecule has 4 aromatic heterocycles. The van der Waals surface area contributed by atoms with Crippen LogP contribution in [0.4, 0.5) is 0 Å². The third kappa shape index (κ3) is 7.87. The van der Waals surface area contributed by atoms with E-state index in [0.29, 0.717) is 46.8 Å². The van der Waals surface area contributed by atoms with Crippen LogP contribution in [0.1, 0.15) is 57.7 Å². The SMILES string of the molecule is [2H]c1c([2H])c([2H])c(-c2cccc(-c3c([2H])c([2H])c([2H])c([2H])c3[2H])c2CCC[n+]2[c-]n(-c3[c-]c(Oc4[c-]c5c(cc4)c4cnc(C)cc4n5-c4cc(C(C)(C)C)ccn4)ccc3)c3ccccc32)c([2H])c1[2H].[Pt]. The van der Waals surface area contributed by atoms with Gasteiger partial charge in [0.05, 0.1) is 31.3 Å². The summed E-state index contributed by atoms with van der Waals surface area (Å²) in [5.74, 6) is 1.70. The Labute approximate surface area is 391 Å². The van der Waals surface area contributed by atoms with E-state index in [-0.39, 0.29) is 44.0 Å². The molecular weight excluding hydrogens is 942 g/mol. The summed E-state index contributed by atoms with van der Waals surface area (Å²) < 4.78 is 98.1. The van der Waals surface area contributed by atoms with Gasteiger partial charge in [-0.1, -0.05) is 135 Å². The van der Waals surface area contributed by atoms with Gasteiger partial charge in [-0.15, -0.1) is 29.7 Å². The Morgan fingerprint density at radius 3 is 2.18 bits per heavy atom. The average molecular weight is 997 g/mol. The monoisotopic (exact) mass is 996 g/mol. The maximum atomic E-state index is 8.85. The average Bonchev–Trinajstić information content (AvgIpc) is 3.89. The molecule has 0 unspecified atom stereocenters. The number of imidazole rings is 1. The van der Waals surface area contributed by atoms with E-state index in [0.717, 1.165) is 49.9 Å². The van der Waals surface area contributed by atoms with Gasteiger partial charge in [-0.2, -0.15) is 18.2 Å². The molecule has 62 heavy (non-hydrogen) atoms. The van der Waals surface area contributed by atoms with Crippen LogP contribution >= 0.6 is 0 Å². The van der Waals surface area contributed by atoms with E-state index in [9.17, 15) is 0 Å². The maximum absolute atomic E-state index is 8.85. The first-order valence-corrected chi connectivity index (χ1v) is 20.1. The zero-order valence-corrected chi connectivity index (χ0v) is 36.7. The van der Waals surface area contributed by atoms with Gasteiger partial charge in [0.1, 0.15) is 5.82 Å². The molecule has 10 aromatic rings. The Morgan fingerprint density at radius 1 is 0.726 bits per heavy atom. The summed E-state index contributed by atoms with van der Waals surface area (Å²) in [4.78, 5) is 9.42. The van der Waals surface area contributed by atoms with Gasteiger partial charge in [0, 0.05) is 56.2 Å². The van der Waals surface area contributed by atoms with Crippen LogP contribution in [0.25, 0.3) is 66.6 Å². The fourth-order valence-electron chi connectivity index (χ4n) is 7.94. The molecule has 0 N–H and O–H groups in total. The van der Waals surface area contributed by atoms with Crippen molar-refractivity contribution in [2.24, 2.45) is 0 Å². The number of hydrogen-bond donors (Lipinski definition) is 0. The van der Waals surface area contributed by atoms with Crippen molar-refractivity contribution < 1.29 is 44.1 Å². The number of aryl methyl sites for hydroxylation is 2. The minimum absolute atomic E-state index is 0. The summed E-state index contributed by atoms with van der Waals surface area (Å²) in [7, 11) is 0. The summed E-state index contributed by atoms with van der Waals surface area (Å²) in [5, 5.41) is 1.93. The minimum atomic E-state index is -0.534. The van der Waals surface area contributed by atoms with Gasteiger partial charge < -0.3 is 18.4 Å². The van der Waals surface area contributed by atoms with Gasteiger partial charge in [0.25, 0.3) is 0 Å². The molecule has 6 aromatic carbocycles. The van der Waals surface area contributed by atoms with E-state index in [4.69, 9.17) is 23.4 Å². The van der Waals surface area contributed by atoms with Crippen molar-refractivity contribution >= 4 is 32.8 Å². The Bertz CT molecular complexity index is 3660. The topological polar surface area (TPSA) is 48.8 Å². The fraction of sp³-hybridized carbons (Fsp3) is 0.145. The quantitative estimate of drug-likeness (QED) is 0.101. The van der Waals surface area contributed by atoms with E-state index in [1.54, 1.807) is 18.2 Å². The molecule has 0 aliphatic heterocycles. The van der Waals surface area contributed by atoms with Crippen LogP contribution in [0.5, 0.6) is 11.5 Å². The van der Waals surface area contributed by atoms with Crippen LogP contribution in [-0.4, -0.2) is 19.1 Å². The molecule has 0 aliphatic carbocycles. The van der Waals surface area contributed by atoms with Gasteiger partial charge >= 0.3 is 0 Å². The molecule has 0 radical (unpaired) electrons. The number of aromatic nitrogens is 5. The van der Waals surface area contributed by atoms with Crippen molar-refractivity contribution in [2.75, 3.05) is 0 Å². The van der Waals surface area contributed by atoms with Gasteiger partial charge in [-0.25, -0.2) is 4.98 Å². The molecule has 0 saturated carbocycles. The fourth-order valence-corrected chi connectivity index (χ4v) is 7.94. The van der Waals surface area contributed by atoms with E-state index < -0.39 is 60.4 Å². The molecule has 7 heteroatoms. The number of benzene rings is 6. The second-order valence-electron chi connectivity index (χ2n) is 15.9. The minimum Gasteiger partial charge on any atom is -0.510 e. The van der Waals surface area contributed by atoms with E-state index in [1.165, 1.54) is 0 Å². The predicted octanol–water partition coefficient (Wildman–Crippen LogP) is 12.6. The normalized spacial score (nSPS) is 13.9. The first-order valence-electron chi connectivity index (χ1n) is 25.1. The summed E-state index contributed by atoms with van der Waals surface area (Å²) in [6.45, 7) is 8.89. The second-order valence-corrected chi connectivity index (χ2v) is 15.9. The van der Waals surface area contributed by atoms with Crippen molar-refractivity contribution in [3.8, 4) is 45.3 Å². The standard InChI is InChI=1S/C55H45N5O.Pt/c1-38-32-52-49(36-57-38)48-28-27-44(35-53(48)60(52)54-33-41(29-30-56-54)55(2,3)4)61-43-21-13-20-42(34-43)59-37-58(50-25-11-12-26-51(50)59)31-15-24-47-45(39-16-7-5-8-17-39)22-14-23-46(47)40-18-9-6-10-19-40;/h5-14,16-23,25-30,32-33,36H,15,24,31H2,1-4H3;/q-2;/i5D,6D,7D,8D,9D,10D,16D,17D,18D,19D;. The van der Waals surface area contributed by atoms with Crippen LogP contribution in [0, 0.1) is 25.4 Å². The van der Waals surface area contributed by atoms with Crippen molar-refractivity contribution in [3.63, 3.8) is 0 Å². The molecule has 0 atom stereocenters. The molecule has 308 valence electrons. The molecule has 10 rings (SSSR count). The Hall–Kier alpha value is -6.62. The third-order valence-electron chi connectivity index (χ3n) is 10.9. The van der Waals surface area contributed by atoms with Crippen LogP contribution in [0.3, 0.4) is 0 Å². The molecule has 0 amide bonds. The van der Waals surface area contributed by atoms with Gasteiger partial charge in [0.15, 0.2) is 0 Å². The maximum Gasteiger partial charge on any atom is 0.242 e. The number of para-hydroxylation sites is 2. The smallest absolute Gasteiger partial charge is 0.242 e. The van der Waals surface area contributed by atoms with Crippen LogP contribution in [0.15, 0.2) is 164 Å². The molecule has 0 saturated heterocycles. The van der Waals surface area contributed by atoms with E-state index in [2.05, 4.69) is 60.9 Å². The Balaban J connectivity index is 0.00000640. The zero-order valence-electron chi connectivity index (χ0n) is 44.4. The number of ether oxygens (including phenoxy) is 1. The molecule has 0 fully saturated rings.